The van der Waals surface area contributed by atoms with Crippen LogP contribution in [0.4, 0.5) is 0 Å². The van der Waals surface area contributed by atoms with E-state index in [2.05, 4.69) is 103 Å². The highest BCUT2D eigenvalue weighted by atomic mass is 79.9. The molecule has 3 aromatic carbocycles. The van der Waals surface area contributed by atoms with E-state index >= 15 is 0 Å². The molecule has 0 spiro atoms. The molecule has 3 atom stereocenters. The minimum absolute atomic E-state index is 0.0195. The quantitative estimate of drug-likeness (QED) is 0.331. The van der Waals surface area contributed by atoms with E-state index in [0.29, 0.717) is 6.54 Å². The van der Waals surface area contributed by atoms with E-state index in [0.717, 1.165) is 16.5 Å². The highest BCUT2D eigenvalue weighted by molar-refractivity contribution is 9.10. The summed E-state index contributed by atoms with van der Waals surface area (Å²) in [6.45, 7) is 7.56. The first-order chi connectivity index (χ1) is 16.8. The average molecular weight is 553 g/mol. The van der Waals surface area contributed by atoms with Crippen molar-refractivity contribution in [2.75, 3.05) is 13.7 Å². The standard InChI is InChI=1S/C29H34BrNO3Si/c1-29(2,3)35(24-11-7-5-8-12-24,25-13-9-6-10-14-25)34-23-19-26(31-20-23)27(28(32)33-4)21-15-17-22(30)18-16-21/h5-18,23,26-27,31H,19-20H2,1-4H3/t23-,26+,27-/m0/s1. The Morgan fingerprint density at radius 1 is 0.943 bits per heavy atom. The Kier molecular flexibility index (Phi) is 7.96. The summed E-state index contributed by atoms with van der Waals surface area (Å²) in [4.78, 5) is 12.9. The minimum atomic E-state index is -2.66. The summed E-state index contributed by atoms with van der Waals surface area (Å²) in [5.74, 6) is -0.614. The second-order valence-electron chi connectivity index (χ2n) is 10.2. The van der Waals surface area contributed by atoms with Crippen molar-refractivity contribution in [2.24, 2.45) is 0 Å². The number of esters is 1. The molecule has 0 unspecified atom stereocenters. The Bertz CT molecular complexity index is 1080. The number of hydrogen-bond acceptors (Lipinski definition) is 4. The first-order valence-corrected chi connectivity index (χ1v) is 14.8. The first-order valence-electron chi connectivity index (χ1n) is 12.1. The Hall–Kier alpha value is -2.25. The van der Waals surface area contributed by atoms with Crippen molar-refractivity contribution >= 4 is 40.6 Å². The third kappa shape index (κ3) is 5.31. The molecule has 184 valence electrons. The Labute approximate surface area is 218 Å². The van der Waals surface area contributed by atoms with Gasteiger partial charge in [-0.25, -0.2) is 0 Å². The van der Waals surface area contributed by atoms with Gasteiger partial charge < -0.3 is 14.5 Å². The van der Waals surface area contributed by atoms with Gasteiger partial charge in [0.05, 0.1) is 19.1 Å². The summed E-state index contributed by atoms with van der Waals surface area (Å²) in [6, 6.07) is 29.2. The number of ether oxygens (including phenoxy) is 1. The van der Waals surface area contributed by atoms with Gasteiger partial charge in [-0.1, -0.05) is 109 Å². The molecule has 0 aliphatic carbocycles. The minimum Gasteiger partial charge on any atom is -0.469 e. The van der Waals surface area contributed by atoms with Crippen LogP contribution in [-0.2, 0) is 14.0 Å². The predicted octanol–water partition coefficient (Wildman–Crippen LogP) is 5.01. The molecule has 0 aromatic heterocycles. The van der Waals surface area contributed by atoms with E-state index in [4.69, 9.17) is 9.16 Å². The van der Waals surface area contributed by atoms with Gasteiger partial charge in [-0.05, 0) is 39.5 Å². The van der Waals surface area contributed by atoms with Gasteiger partial charge in [-0.15, -0.1) is 0 Å². The molecule has 1 aliphatic rings. The smallest absolute Gasteiger partial charge is 0.314 e. The van der Waals surface area contributed by atoms with Gasteiger partial charge in [0.25, 0.3) is 8.32 Å². The molecule has 1 fully saturated rings. The van der Waals surface area contributed by atoms with Crippen molar-refractivity contribution in [1.82, 2.24) is 5.32 Å². The lowest BCUT2D eigenvalue weighted by atomic mass is 9.90. The summed E-state index contributed by atoms with van der Waals surface area (Å²) < 4.78 is 13.5. The molecular formula is C29H34BrNO3Si. The Morgan fingerprint density at radius 3 is 1.97 bits per heavy atom. The number of rotatable bonds is 7. The topological polar surface area (TPSA) is 47.6 Å². The maximum absolute atomic E-state index is 12.9. The largest absolute Gasteiger partial charge is 0.469 e. The number of carbonyl (C=O) groups is 1. The Morgan fingerprint density at radius 2 is 1.49 bits per heavy atom. The van der Waals surface area contributed by atoms with Crippen LogP contribution in [0, 0.1) is 0 Å². The van der Waals surface area contributed by atoms with Gasteiger partial charge in [0.15, 0.2) is 0 Å². The summed E-state index contributed by atoms with van der Waals surface area (Å²) in [6.07, 6.45) is 0.717. The van der Waals surface area contributed by atoms with E-state index in [1.165, 1.54) is 17.5 Å². The molecule has 0 saturated carbocycles. The fraction of sp³-hybridized carbons (Fsp3) is 0.345. The number of benzene rings is 3. The lowest BCUT2D eigenvalue weighted by Crippen LogP contribution is -2.67. The van der Waals surface area contributed by atoms with Crippen LogP contribution < -0.4 is 15.7 Å². The second kappa shape index (κ2) is 10.8. The number of methoxy groups -OCH3 is 1. The molecular weight excluding hydrogens is 518 g/mol. The van der Waals surface area contributed by atoms with Crippen LogP contribution in [-0.4, -0.2) is 40.1 Å². The van der Waals surface area contributed by atoms with E-state index in [9.17, 15) is 4.79 Å². The van der Waals surface area contributed by atoms with Crippen LogP contribution in [0.25, 0.3) is 0 Å². The van der Waals surface area contributed by atoms with Gasteiger partial charge >= 0.3 is 5.97 Å². The zero-order valence-electron chi connectivity index (χ0n) is 20.8. The molecule has 3 aromatic rings. The van der Waals surface area contributed by atoms with Gasteiger partial charge in [0.2, 0.25) is 0 Å². The summed E-state index contributed by atoms with van der Waals surface area (Å²) in [5.41, 5.74) is 0.948. The van der Waals surface area contributed by atoms with Crippen molar-refractivity contribution in [3.05, 3.63) is 95.0 Å². The van der Waals surface area contributed by atoms with Crippen LogP contribution in [0.2, 0.25) is 5.04 Å². The Balaban J connectivity index is 1.69. The lowest BCUT2D eigenvalue weighted by Gasteiger charge is -2.44. The summed E-state index contributed by atoms with van der Waals surface area (Å²) >= 11 is 3.49. The van der Waals surface area contributed by atoms with Crippen LogP contribution >= 0.6 is 15.9 Å². The zero-order chi connectivity index (χ0) is 25.1. The normalized spacial score (nSPS) is 19.3. The van der Waals surface area contributed by atoms with E-state index in [1.807, 2.05) is 24.3 Å². The van der Waals surface area contributed by atoms with Gasteiger partial charge in [-0.3, -0.25) is 4.79 Å². The molecule has 0 radical (unpaired) electrons. The van der Waals surface area contributed by atoms with Crippen molar-refractivity contribution in [1.29, 1.82) is 0 Å². The van der Waals surface area contributed by atoms with Crippen LogP contribution in [0.15, 0.2) is 89.4 Å². The van der Waals surface area contributed by atoms with Crippen molar-refractivity contribution in [3.8, 4) is 0 Å². The molecule has 0 amide bonds. The monoisotopic (exact) mass is 551 g/mol. The zero-order valence-corrected chi connectivity index (χ0v) is 23.4. The first kappa shape index (κ1) is 25.8. The highest BCUT2D eigenvalue weighted by Gasteiger charge is 2.52. The van der Waals surface area contributed by atoms with Crippen LogP contribution in [0.3, 0.4) is 0 Å². The van der Waals surface area contributed by atoms with Crippen LogP contribution in [0.1, 0.15) is 38.7 Å². The number of nitrogens with one attached hydrogen (secondary N) is 1. The van der Waals surface area contributed by atoms with Crippen molar-refractivity contribution < 1.29 is 14.0 Å². The number of halogens is 1. The average Bonchev–Trinajstić information content (AvgIpc) is 3.32. The van der Waals surface area contributed by atoms with E-state index < -0.39 is 8.32 Å². The van der Waals surface area contributed by atoms with Crippen molar-refractivity contribution in [3.63, 3.8) is 0 Å². The molecule has 1 aliphatic heterocycles. The van der Waals surface area contributed by atoms with Crippen LogP contribution in [0.5, 0.6) is 0 Å². The maximum atomic E-state index is 12.9. The highest BCUT2D eigenvalue weighted by Crippen LogP contribution is 2.39. The van der Waals surface area contributed by atoms with Gasteiger partial charge in [0.1, 0.15) is 0 Å². The molecule has 1 N–H and O–H groups in total. The lowest BCUT2D eigenvalue weighted by molar-refractivity contribution is -0.143. The molecule has 0 bridgehead atoms. The molecule has 35 heavy (non-hydrogen) atoms. The fourth-order valence-corrected chi connectivity index (χ4v) is 10.3. The third-order valence-electron chi connectivity index (χ3n) is 6.97. The predicted molar refractivity (Wildman–Crippen MR) is 148 cm³/mol. The SMILES string of the molecule is COC(=O)[C@@H](c1ccc(Br)cc1)[C@H]1C[C@H](O[Si](c2ccccc2)(c2ccccc2)C(C)(C)C)CN1. The van der Waals surface area contributed by atoms with E-state index in [1.54, 1.807) is 0 Å². The third-order valence-corrected chi connectivity index (χ3v) is 12.6. The molecule has 4 nitrogen and oxygen atoms in total. The van der Waals surface area contributed by atoms with E-state index in [-0.39, 0.29) is 29.1 Å². The number of carbonyl (C=O) groups excluding carboxylic acids is 1. The molecule has 6 heteroatoms. The molecule has 1 saturated heterocycles. The summed E-state index contributed by atoms with van der Waals surface area (Å²) in [5, 5.41) is 6.03. The van der Waals surface area contributed by atoms with Gasteiger partial charge in [0, 0.05) is 17.1 Å². The maximum Gasteiger partial charge on any atom is 0.314 e. The summed E-state index contributed by atoms with van der Waals surface area (Å²) in [7, 11) is -1.21. The second-order valence-corrected chi connectivity index (χ2v) is 15.4. The van der Waals surface area contributed by atoms with Gasteiger partial charge in [-0.2, -0.15) is 0 Å². The van der Waals surface area contributed by atoms with Crippen molar-refractivity contribution in [2.45, 2.75) is 50.3 Å². The number of hydrogen-bond donors (Lipinski definition) is 1. The molecule has 1 heterocycles. The fourth-order valence-electron chi connectivity index (χ4n) is 5.35. The molecule has 4 rings (SSSR count).